The third-order valence-electron chi connectivity index (χ3n) is 6.23. The molecule has 1 fully saturated rings. The summed E-state index contributed by atoms with van der Waals surface area (Å²) in [6, 6.07) is 12.8. The van der Waals surface area contributed by atoms with Crippen molar-refractivity contribution in [2.24, 2.45) is 0 Å². The number of hydrogen-bond acceptors (Lipinski definition) is 4. The number of likely N-dealkylation sites (N-methyl/N-ethyl adjacent to an activating group) is 1. The summed E-state index contributed by atoms with van der Waals surface area (Å²) in [6.45, 7) is 1.91. The number of nitrogens with zero attached hydrogens (tertiary/aromatic N) is 2. The van der Waals surface area contributed by atoms with Gasteiger partial charge < -0.3 is 20.4 Å². The lowest BCUT2D eigenvalue weighted by atomic mass is 9.94. The Morgan fingerprint density at radius 3 is 2.26 bits per heavy atom. The third kappa shape index (κ3) is 6.97. The average molecular weight is 485 g/mol. The Balaban J connectivity index is 1.49. The van der Waals surface area contributed by atoms with Crippen molar-refractivity contribution in [2.75, 3.05) is 37.8 Å². The Morgan fingerprint density at radius 1 is 0.971 bits per heavy atom. The molecule has 1 aliphatic carbocycles. The van der Waals surface area contributed by atoms with E-state index in [2.05, 4.69) is 10.6 Å². The maximum Gasteiger partial charge on any atom is 0.255 e. The van der Waals surface area contributed by atoms with Gasteiger partial charge in [0, 0.05) is 31.5 Å². The molecule has 0 bridgehead atoms. The monoisotopic (exact) mass is 484 g/mol. The van der Waals surface area contributed by atoms with Gasteiger partial charge in [-0.1, -0.05) is 48.6 Å². The fourth-order valence-corrected chi connectivity index (χ4v) is 4.34. The summed E-state index contributed by atoms with van der Waals surface area (Å²) < 4.78 is 0. The number of amides is 3. The standard InChI is InChI=1S/C26H33ClN4O3/c1-18-9-11-19(12-10-18)29-24(32)17-30(2)25(33)16-28-20-13-14-22(23(27)15-20)26(34)31(3)21-7-5-4-6-8-21/h9-15,21,28H,4-8,16-17H2,1-3H3,(H,29,32). The Bertz CT molecular complexity index is 1020. The van der Waals surface area contributed by atoms with Crippen LogP contribution in [-0.4, -0.2) is 60.7 Å². The maximum absolute atomic E-state index is 12.9. The first-order valence-electron chi connectivity index (χ1n) is 11.7. The highest BCUT2D eigenvalue weighted by atomic mass is 35.5. The minimum atomic E-state index is -0.271. The average Bonchev–Trinajstić information content (AvgIpc) is 2.83. The van der Waals surface area contributed by atoms with Crippen LogP contribution < -0.4 is 10.6 Å². The van der Waals surface area contributed by atoms with E-state index < -0.39 is 0 Å². The Labute approximate surface area is 206 Å². The molecule has 2 aromatic carbocycles. The lowest BCUT2D eigenvalue weighted by Crippen LogP contribution is -2.38. The second-order valence-electron chi connectivity index (χ2n) is 8.92. The van der Waals surface area contributed by atoms with E-state index in [4.69, 9.17) is 11.6 Å². The number of nitrogens with one attached hydrogen (secondary N) is 2. The van der Waals surface area contributed by atoms with E-state index in [9.17, 15) is 14.4 Å². The van der Waals surface area contributed by atoms with Gasteiger partial charge in [-0.15, -0.1) is 0 Å². The molecule has 1 saturated carbocycles. The van der Waals surface area contributed by atoms with Crippen molar-refractivity contribution in [2.45, 2.75) is 45.1 Å². The predicted molar refractivity (Wildman–Crippen MR) is 136 cm³/mol. The van der Waals surface area contributed by atoms with Crippen molar-refractivity contribution < 1.29 is 14.4 Å². The Hall–Kier alpha value is -3.06. The first-order chi connectivity index (χ1) is 16.2. The molecule has 1 aliphatic rings. The smallest absolute Gasteiger partial charge is 0.255 e. The van der Waals surface area contributed by atoms with Crippen LogP contribution in [0.15, 0.2) is 42.5 Å². The fraction of sp³-hybridized carbons (Fsp3) is 0.423. The molecule has 8 heteroatoms. The number of halogens is 1. The van der Waals surface area contributed by atoms with Crippen LogP contribution >= 0.6 is 11.6 Å². The van der Waals surface area contributed by atoms with Crippen LogP contribution in [0, 0.1) is 6.92 Å². The van der Waals surface area contributed by atoms with Crippen LogP contribution in [0.2, 0.25) is 5.02 Å². The molecule has 0 aliphatic heterocycles. The maximum atomic E-state index is 12.9. The molecule has 2 N–H and O–H groups in total. The quantitative estimate of drug-likeness (QED) is 0.575. The van der Waals surface area contributed by atoms with E-state index >= 15 is 0 Å². The van der Waals surface area contributed by atoms with E-state index in [1.807, 2.05) is 38.2 Å². The van der Waals surface area contributed by atoms with Gasteiger partial charge >= 0.3 is 0 Å². The van der Waals surface area contributed by atoms with Crippen molar-refractivity contribution in [3.05, 3.63) is 58.6 Å². The zero-order valence-corrected chi connectivity index (χ0v) is 20.8. The topological polar surface area (TPSA) is 81.8 Å². The zero-order valence-electron chi connectivity index (χ0n) is 20.1. The molecular weight excluding hydrogens is 452 g/mol. The molecular formula is C26H33ClN4O3. The lowest BCUT2D eigenvalue weighted by Gasteiger charge is -2.31. The number of aryl methyl sites for hydroxylation is 1. The molecule has 3 amide bonds. The molecule has 0 atom stereocenters. The van der Waals surface area contributed by atoms with Crippen LogP contribution in [0.3, 0.4) is 0 Å². The Morgan fingerprint density at radius 2 is 1.62 bits per heavy atom. The SMILES string of the molecule is Cc1ccc(NC(=O)CN(C)C(=O)CNc2ccc(C(=O)N(C)C3CCCCC3)c(Cl)c2)cc1. The van der Waals surface area contributed by atoms with Gasteiger partial charge in [0.25, 0.3) is 5.91 Å². The number of rotatable bonds is 8. The highest BCUT2D eigenvalue weighted by Crippen LogP contribution is 2.26. The van der Waals surface area contributed by atoms with Crippen molar-refractivity contribution in [3.63, 3.8) is 0 Å². The van der Waals surface area contributed by atoms with Crippen LogP contribution in [0.5, 0.6) is 0 Å². The van der Waals surface area contributed by atoms with Crippen LogP contribution in [0.1, 0.15) is 48.0 Å². The molecule has 0 spiro atoms. The van der Waals surface area contributed by atoms with Crippen molar-refractivity contribution in [1.29, 1.82) is 0 Å². The van der Waals surface area contributed by atoms with Gasteiger partial charge in [0.2, 0.25) is 11.8 Å². The van der Waals surface area contributed by atoms with Crippen molar-refractivity contribution in [3.8, 4) is 0 Å². The van der Waals surface area contributed by atoms with Gasteiger partial charge in [-0.25, -0.2) is 0 Å². The fourth-order valence-electron chi connectivity index (χ4n) is 4.08. The lowest BCUT2D eigenvalue weighted by molar-refractivity contribution is -0.131. The van der Waals surface area contributed by atoms with Gasteiger partial charge in [0.1, 0.15) is 0 Å². The summed E-state index contributed by atoms with van der Waals surface area (Å²) >= 11 is 6.40. The third-order valence-corrected chi connectivity index (χ3v) is 6.54. The number of hydrogen-bond donors (Lipinski definition) is 2. The number of carbonyl (C=O) groups is 3. The minimum Gasteiger partial charge on any atom is -0.376 e. The first kappa shape index (κ1) is 25.6. The van der Waals surface area contributed by atoms with E-state index in [0.29, 0.717) is 22.0 Å². The molecule has 2 aromatic rings. The molecule has 0 radical (unpaired) electrons. The predicted octanol–water partition coefficient (Wildman–Crippen LogP) is 4.56. The molecule has 34 heavy (non-hydrogen) atoms. The van der Waals surface area contributed by atoms with Crippen molar-refractivity contribution >= 4 is 40.7 Å². The normalized spacial score (nSPS) is 13.8. The molecule has 7 nitrogen and oxygen atoms in total. The summed E-state index contributed by atoms with van der Waals surface area (Å²) in [4.78, 5) is 40.7. The largest absolute Gasteiger partial charge is 0.376 e. The molecule has 3 rings (SSSR count). The molecule has 0 heterocycles. The summed E-state index contributed by atoms with van der Waals surface area (Å²) in [6.07, 6.45) is 5.57. The summed E-state index contributed by atoms with van der Waals surface area (Å²) in [5, 5.41) is 6.14. The number of benzene rings is 2. The van der Waals surface area contributed by atoms with Gasteiger partial charge in [-0.3, -0.25) is 14.4 Å². The Kier molecular flexibility index (Phi) is 8.93. The molecule has 0 saturated heterocycles. The minimum absolute atomic E-state index is 0.0000888. The summed E-state index contributed by atoms with van der Waals surface area (Å²) in [7, 11) is 3.42. The van der Waals surface area contributed by atoms with Crippen molar-refractivity contribution in [1.82, 2.24) is 9.80 Å². The van der Waals surface area contributed by atoms with Gasteiger partial charge in [0.15, 0.2) is 0 Å². The van der Waals surface area contributed by atoms with Crippen LogP contribution in [0.4, 0.5) is 11.4 Å². The van der Waals surface area contributed by atoms with E-state index in [1.165, 1.54) is 11.3 Å². The molecule has 0 unspecified atom stereocenters. The van der Waals surface area contributed by atoms with Crippen LogP contribution in [0.25, 0.3) is 0 Å². The van der Waals surface area contributed by atoms with E-state index in [1.54, 1.807) is 30.1 Å². The summed E-state index contributed by atoms with van der Waals surface area (Å²) in [5.74, 6) is -0.598. The molecule has 0 aromatic heterocycles. The molecule has 182 valence electrons. The number of carbonyl (C=O) groups excluding carboxylic acids is 3. The van der Waals surface area contributed by atoms with E-state index in [0.717, 1.165) is 31.2 Å². The number of anilines is 2. The van der Waals surface area contributed by atoms with E-state index in [-0.39, 0.29) is 36.9 Å². The second kappa shape index (κ2) is 11.9. The van der Waals surface area contributed by atoms with Gasteiger partial charge in [0.05, 0.1) is 23.7 Å². The summed E-state index contributed by atoms with van der Waals surface area (Å²) in [5.41, 5.74) is 2.88. The zero-order chi connectivity index (χ0) is 24.7. The first-order valence-corrected chi connectivity index (χ1v) is 12.0. The van der Waals surface area contributed by atoms with Gasteiger partial charge in [-0.2, -0.15) is 0 Å². The highest BCUT2D eigenvalue weighted by molar-refractivity contribution is 6.34. The second-order valence-corrected chi connectivity index (χ2v) is 9.33. The van der Waals surface area contributed by atoms with Gasteiger partial charge in [-0.05, 0) is 50.1 Å². The van der Waals surface area contributed by atoms with Crippen LogP contribution in [-0.2, 0) is 9.59 Å². The highest BCUT2D eigenvalue weighted by Gasteiger charge is 2.24.